The summed E-state index contributed by atoms with van der Waals surface area (Å²) in [6.45, 7) is 2.31. The Bertz CT molecular complexity index is 934. The van der Waals surface area contributed by atoms with Crippen LogP contribution in [0.25, 0.3) is 0 Å². The smallest absolute Gasteiger partial charge is 0.289 e. The van der Waals surface area contributed by atoms with Crippen molar-refractivity contribution in [2.75, 3.05) is 13.1 Å². The van der Waals surface area contributed by atoms with Crippen molar-refractivity contribution < 1.29 is 9.59 Å². The highest BCUT2D eigenvalue weighted by Crippen LogP contribution is 2.41. The molecule has 1 aromatic carbocycles. The molecule has 2 fully saturated rings. The third-order valence-corrected chi connectivity index (χ3v) is 7.21. The minimum Gasteiger partial charge on any atom is -0.347 e. The van der Waals surface area contributed by atoms with Crippen molar-refractivity contribution in [1.82, 2.24) is 25.0 Å². The van der Waals surface area contributed by atoms with Crippen LogP contribution < -0.4 is 5.32 Å². The minimum absolute atomic E-state index is 0.0936. The number of aryl methyl sites for hydroxylation is 1. The van der Waals surface area contributed by atoms with Crippen LogP contribution in [0.5, 0.6) is 0 Å². The van der Waals surface area contributed by atoms with Crippen LogP contribution in [0.4, 0.5) is 0 Å². The van der Waals surface area contributed by atoms with Gasteiger partial charge in [-0.1, -0.05) is 31.0 Å². The van der Waals surface area contributed by atoms with Crippen LogP contribution in [0, 0.1) is 5.41 Å². The second kappa shape index (κ2) is 7.85. The summed E-state index contributed by atoms with van der Waals surface area (Å²) in [7, 11) is 0. The van der Waals surface area contributed by atoms with E-state index in [1.54, 1.807) is 0 Å². The largest absolute Gasteiger partial charge is 0.347 e. The predicted octanol–water partition coefficient (Wildman–Crippen LogP) is 2.82. The maximum Gasteiger partial charge on any atom is 0.289 e. The SMILES string of the molecule is O=C(NC1CCCC1)c1nnc2n1CC[C@]1(CC2)CCN(C(=O)c2ccccc2)C1. The van der Waals surface area contributed by atoms with Gasteiger partial charge in [0.2, 0.25) is 5.82 Å². The molecule has 1 N–H and O–H groups in total. The zero-order chi connectivity index (χ0) is 20.6. The zero-order valence-electron chi connectivity index (χ0n) is 17.3. The number of carbonyl (C=O) groups excluding carboxylic acids is 2. The highest BCUT2D eigenvalue weighted by atomic mass is 16.2. The summed E-state index contributed by atoms with van der Waals surface area (Å²) in [5.41, 5.74) is 0.857. The standard InChI is InChI=1S/C23H29N5O2/c29-21(24-18-8-4-5-9-18)20-26-25-19-10-11-23(13-15-28(19)20)12-14-27(16-23)22(30)17-6-2-1-3-7-17/h1-3,6-7,18H,4-5,8-16H2,(H,24,29)/t23-/m0/s1. The number of fused-ring (bicyclic) bond motifs is 1. The normalized spacial score (nSPS) is 24.1. The Balaban J connectivity index is 1.26. The Kier molecular flexibility index (Phi) is 5.05. The van der Waals surface area contributed by atoms with Gasteiger partial charge >= 0.3 is 0 Å². The fourth-order valence-electron chi connectivity index (χ4n) is 5.37. The van der Waals surface area contributed by atoms with E-state index >= 15 is 0 Å². The Morgan fingerprint density at radius 1 is 1.00 bits per heavy atom. The Hall–Kier alpha value is -2.70. The third kappa shape index (κ3) is 3.61. The van der Waals surface area contributed by atoms with Crippen LogP contribution >= 0.6 is 0 Å². The van der Waals surface area contributed by atoms with E-state index in [1.165, 1.54) is 12.8 Å². The quantitative estimate of drug-likeness (QED) is 0.848. The molecule has 0 radical (unpaired) electrons. The molecule has 1 saturated heterocycles. The molecule has 2 aliphatic heterocycles. The minimum atomic E-state index is -0.0936. The molecule has 2 aromatic rings. The number of benzene rings is 1. The van der Waals surface area contributed by atoms with Gasteiger partial charge in [0, 0.05) is 37.7 Å². The lowest BCUT2D eigenvalue weighted by Crippen LogP contribution is -2.35. The molecule has 1 spiro atoms. The summed E-state index contributed by atoms with van der Waals surface area (Å²) in [5.74, 6) is 1.37. The molecule has 0 bridgehead atoms. The van der Waals surface area contributed by atoms with Gasteiger partial charge in [0.25, 0.3) is 11.8 Å². The maximum absolute atomic E-state index is 12.9. The third-order valence-electron chi connectivity index (χ3n) is 7.21. The lowest BCUT2D eigenvalue weighted by atomic mass is 9.80. The Labute approximate surface area is 176 Å². The Morgan fingerprint density at radius 3 is 2.57 bits per heavy atom. The van der Waals surface area contributed by atoms with E-state index in [0.29, 0.717) is 5.82 Å². The fourth-order valence-corrected chi connectivity index (χ4v) is 5.37. The van der Waals surface area contributed by atoms with Crippen LogP contribution in [-0.4, -0.2) is 50.6 Å². The number of amides is 2. The summed E-state index contributed by atoms with van der Waals surface area (Å²) >= 11 is 0. The first-order chi connectivity index (χ1) is 14.6. The molecule has 5 rings (SSSR count). The lowest BCUT2D eigenvalue weighted by molar-refractivity contribution is 0.0767. The number of carbonyl (C=O) groups is 2. The van der Waals surface area contributed by atoms with E-state index in [-0.39, 0.29) is 23.3 Å². The molecule has 2 amide bonds. The van der Waals surface area contributed by atoms with Crippen LogP contribution in [0.15, 0.2) is 30.3 Å². The van der Waals surface area contributed by atoms with Crippen LogP contribution in [0.2, 0.25) is 0 Å². The van der Waals surface area contributed by atoms with E-state index in [2.05, 4.69) is 15.5 Å². The van der Waals surface area contributed by atoms with E-state index in [1.807, 2.05) is 39.8 Å². The van der Waals surface area contributed by atoms with Crippen molar-refractivity contribution in [3.8, 4) is 0 Å². The predicted molar refractivity (Wildman–Crippen MR) is 112 cm³/mol. The van der Waals surface area contributed by atoms with Crippen LogP contribution in [0.3, 0.4) is 0 Å². The second-order valence-corrected chi connectivity index (χ2v) is 9.14. The van der Waals surface area contributed by atoms with Crippen molar-refractivity contribution in [3.63, 3.8) is 0 Å². The molecule has 7 heteroatoms. The molecule has 30 heavy (non-hydrogen) atoms. The lowest BCUT2D eigenvalue weighted by Gasteiger charge is -2.27. The Morgan fingerprint density at radius 2 is 1.77 bits per heavy atom. The summed E-state index contributed by atoms with van der Waals surface area (Å²) in [4.78, 5) is 27.6. The van der Waals surface area contributed by atoms with Crippen molar-refractivity contribution >= 4 is 11.8 Å². The molecule has 1 aliphatic carbocycles. The number of hydrogen-bond donors (Lipinski definition) is 1. The van der Waals surface area contributed by atoms with E-state index in [4.69, 9.17) is 0 Å². The van der Waals surface area contributed by atoms with Crippen molar-refractivity contribution in [3.05, 3.63) is 47.5 Å². The van der Waals surface area contributed by atoms with Crippen molar-refractivity contribution in [1.29, 1.82) is 0 Å². The van der Waals surface area contributed by atoms with Crippen molar-refractivity contribution in [2.24, 2.45) is 5.41 Å². The number of likely N-dealkylation sites (tertiary alicyclic amines) is 1. The van der Waals surface area contributed by atoms with Crippen LogP contribution in [0.1, 0.15) is 71.7 Å². The molecule has 1 atom stereocenters. The van der Waals surface area contributed by atoms with Gasteiger partial charge in [-0.05, 0) is 49.7 Å². The summed E-state index contributed by atoms with van der Waals surface area (Å²) in [5, 5.41) is 11.7. The molecular weight excluding hydrogens is 378 g/mol. The van der Waals surface area contributed by atoms with Gasteiger partial charge in [-0.3, -0.25) is 9.59 Å². The highest BCUT2D eigenvalue weighted by molar-refractivity contribution is 5.94. The molecule has 3 aliphatic rings. The topological polar surface area (TPSA) is 80.1 Å². The molecule has 3 heterocycles. The van der Waals surface area contributed by atoms with Crippen molar-refractivity contribution in [2.45, 2.75) is 64.0 Å². The van der Waals surface area contributed by atoms with Gasteiger partial charge in [0.15, 0.2) is 0 Å². The molecule has 1 aromatic heterocycles. The summed E-state index contributed by atoms with van der Waals surface area (Å²) in [6.07, 6.45) is 8.22. The molecule has 7 nitrogen and oxygen atoms in total. The number of rotatable bonds is 3. The van der Waals surface area contributed by atoms with E-state index < -0.39 is 0 Å². The number of nitrogens with one attached hydrogen (secondary N) is 1. The summed E-state index contributed by atoms with van der Waals surface area (Å²) in [6, 6.07) is 9.80. The van der Waals surface area contributed by atoms with Gasteiger partial charge in [-0.25, -0.2) is 0 Å². The molecule has 0 unspecified atom stereocenters. The van der Waals surface area contributed by atoms with Gasteiger partial charge in [-0.2, -0.15) is 0 Å². The highest BCUT2D eigenvalue weighted by Gasteiger charge is 2.41. The van der Waals surface area contributed by atoms with E-state index in [0.717, 1.165) is 69.5 Å². The van der Waals surface area contributed by atoms with Crippen LogP contribution in [-0.2, 0) is 13.0 Å². The van der Waals surface area contributed by atoms with Gasteiger partial charge in [0.1, 0.15) is 5.82 Å². The summed E-state index contributed by atoms with van der Waals surface area (Å²) < 4.78 is 2.01. The first-order valence-corrected chi connectivity index (χ1v) is 11.2. The molecule has 1 saturated carbocycles. The van der Waals surface area contributed by atoms with E-state index in [9.17, 15) is 9.59 Å². The number of aromatic nitrogens is 3. The van der Waals surface area contributed by atoms with Gasteiger partial charge in [-0.15, -0.1) is 10.2 Å². The number of nitrogens with zero attached hydrogens (tertiary/aromatic N) is 4. The first kappa shape index (κ1) is 19.3. The monoisotopic (exact) mass is 407 g/mol. The van der Waals surface area contributed by atoms with Gasteiger partial charge < -0.3 is 14.8 Å². The average Bonchev–Trinajstić information content (AvgIpc) is 3.49. The molecular formula is C23H29N5O2. The number of hydrogen-bond acceptors (Lipinski definition) is 4. The molecule has 158 valence electrons. The maximum atomic E-state index is 12.9. The zero-order valence-corrected chi connectivity index (χ0v) is 17.3. The fraction of sp³-hybridized carbons (Fsp3) is 0.565. The average molecular weight is 408 g/mol. The van der Waals surface area contributed by atoms with Gasteiger partial charge in [0.05, 0.1) is 0 Å². The first-order valence-electron chi connectivity index (χ1n) is 11.2. The second-order valence-electron chi connectivity index (χ2n) is 9.14.